The average molecular weight is 1470 g/mol. The molecule has 13 atom stereocenters. The summed E-state index contributed by atoms with van der Waals surface area (Å²) in [6, 6.07) is 9.30. The Kier molecular flexibility index (Phi) is 40.0. The van der Waals surface area contributed by atoms with Crippen LogP contribution >= 0.6 is 64.0 Å². The van der Waals surface area contributed by atoms with Gasteiger partial charge in [-0.05, 0) is 24.3 Å². The van der Waals surface area contributed by atoms with E-state index in [0.717, 1.165) is 19.2 Å². The third-order valence-corrected chi connectivity index (χ3v) is 23.0. The molecule has 92 heavy (non-hydrogen) atoms. The van der Waals surface area contributed by atoms with E-state index in [1.54, 1.807) is 18.2 Å². The van der Waals surface area contributed by atoms with Crippen LogP contribution in [0.15, 0.2) is 36.9 Å². The fourth-order valence-corrected chi connectivity index (χ4v) is 15.2. The maximum Gasteiger partial charge on any atom is 0.490 e. The van der Waals surface area contributed by atoms with E-state index in [2.05, 4.69) is 103 Å². The van der Waals surface area contributed by atoms with Crippen LogP contribution in [-0.4, -0.2) is 148 Å². The molecule has 0 aliphatic carbocycles. The normalized spacial score (nSPS) is 23.1. The van der Waals surface area contributed by atoms with Crippen LogP contribution in [0.3, 0.4) is 0 Å². The second-order valence-electron chi connectivity index (χ2n) is 20.3. The number of phosphoric acid groups is 3. The molecule has 5 unspecified atom stereocenters. The van der Waals surface area contributed by atoms with Crippen molar-refractivity contribution in [2.45, 2.75) is 192 Å². The SMILES string of the molecule is CCCCCCCC.CCCCCCCC.CCCCNP(NCCCC)(OO)(OOO)[P+](=O)[O-].N#C[C@]1(CO)O[C@@H](c2ccc3c(N)ncnn23)[C@H](O)[C@@H]1O.N#C[C@]1(COP(=O)(O)OP(=O)(O)OP(=O)(O)O)O[C@@H](c2ccc3c(N)ncnn23)[C@H](O)[C@@H]1O.[3H]P(P)P. The van der Waals surface area contributed by atoms with E-state index < -0.39 is 107 Å². The third kappa shape index (κ3) is 26.0. The van der Waals surface area contributed by atoms with Crippen molar-refractivity contribution >= 4 is 86.7 Å². The number of nitriles is 2. The molecule has 6 rings (SSSR count). The Morgan fingerprint density at radius 3 is 1.40 bits per heavy atom. The summed E-state index contributed by atoms with van der Waals surface area (Å²) in [5.74, 6) is 0.321. The van der Waals surface area contributed by atoms with Gasteiger partial charge in [0.25, 0.3) is 0 Å². The molecule has 0 aromatic carbocycles. The van der Waals surface area contributed by atoms with Gasteiger partial charge in [-0.1, -0.05) is 113 Å². The van der Waals surface area contributed by atoms with Crippen LogP contribution in [0.2, 0.25) is 0 Å². The quantitative estimate of drug-likeness (QED) is 0.0102. The van der Waals surface area contributed by atoms with Crippen molar-refractivity contribution in [2.24, 2.45) is 0 Å². The van der Waals surface area contributed by atoms with Crippen LogP contribution in [0, 0.1) is 22.7 Å². The molecule has 2 aliphatic heterocycles. The molecule has 0 spiro atoms. The minimum Gasteiger partial charge on any atom is -0.392 e. The van der Waals surface area contributed by atoms with Gasteiger partial charge in [0.2, 0.25) is 11.2 Å². The number of phosphoric ester groups is 1. The number of hydrogen-bond acceptors (Lipinski definition) is 30. The summed E-state index contributed by atoms with van der Waals surface area (Å²) in [5.41, 5.74) is 8.40. The smallest absolute Gasteiger partial charge is 0.392 e. The number of hydrogen-bond donors (Lipinski definition) is 15. The van der Waals surface area contributed by atoms with Gasteiger partial charge in [0.15, 0.2) is 11.6 Å². The molecule has 44 heteroatoms. The molecule has 6 heterocycles. The van der Waals surface area contributed by atoms with Crippen molar-refractivity contribution < 1.29 is 116 Å². The average Bonchev–Trinajstić information content (AvgIpc) is 1.72. The largest absolute Gasteiger partial charge is 0.490 e. The van der Waals surface area contributed by atoms with Gasteiger partial charge < -0.3 is 66.0 Å². The molecule has 0 amide bonds. The Labute approximate surface area is 541 Å². The fourth-order valence-electron chi connectivity index (χ4n) is 8.47. The summed E-state index contributed by atoms with van der Waals surface area (Å²) >= 11 is 0. The van der Waals surface area contributed by atoms with Crippen molar-refractivity contribution in [3.8, 4) is 12.1 Å². The van der Waals surface area contributed by atoms with E-state index >= 15 is 0 Å². The van der Waals surface area contributed by atoms with Gasteiger partial charge in [0, 0.05) is 0 Å². The first kappa shape index (κ1) is 85.5. The third-order valence-electron chi connectivity index (χ3n) is 13.4. The number of fused-ring (bicyclic) bond motifs is 2. The van der Waals surface area contributed by atoms with Crippen LogP contribution in [0.25, 0.3) is 11.0 Å². The number of anilines is 2. The van der Waals surface area contributed by atoms with E-state index in [0.29, 0.717) is 29.6 Å². The summed E-state index contributed by atoms with van der Waals surface area (Å²) in [7, 11) is -21.2. The van der Waals surface area contributed by atoms with E-state index in [-0.39, 0.29) is 30.4 Å². The number of ether oxygens (including phenoxy) is 2. The predicted octanol–water partition coefficient (Wildman–Crippen LogP) is 6.96. The van der Waals surface area contributed by atoms with Gasteiger partial charge in [-0.25, -0.2) is 32.7 Å². The molecule has 36 nitrogen and oxygen atoms in total. The van der Waals surface area contributed by atoms with Crippen molar-refractivity contribution in [1.82, 2.24) is 39.4 Å². The van der Waals surface area contributed by atoms with Crippen LogP contribution in [0.1, 0.15) is 168 Å². The van der Waals surface area contributed by atoms with Crippen LogP contribution in [0.5, 0.6) is 0 Å². The van der Waals surface area contributed by atoms with Gasteiger partial charge in [0.1, 0.15) is 79.1 Å². The zero-order valence-corrected chi connectivity index (χ0v) is 59.5. The first-order chi connectivity index (χ1) is 43.7. The van der Waals surface area contributed by atoms with Gasteiger partial charge in [-0.15, -0.1) is 17.9 Å². The van der Waals surface area contributed by atoms with Crippen LogP contribution in [0.4, 0.5) is 11.6 Å². The molecule has 2 saturated heterocycles. The Morgan fingerprint density at radius 2 is 1.09 bits per heavy atom. The van der Waals surface area contributed by atoms with Crippen LogP contribution < -0.4 is 26.5 Å². The minimum atomic E-state index is -5.80. The zero-order chi connectivity index (χ0) is 70.9. The zero-order valence-electron chi connectivity index (χ0n) is 52.9. The van der Waals surface area contributed by atoms with Crippen molar-refractivity contribution in [2.75, 3.05) is 37.8 Å². The molecule has 4 aromatic heterocycles. The summed E-state index contributed by atoms with van der Waals surface area (Å²) in [6.07, 6.45) is 12.9. The van der Waals surface area contributed by atoms with Gasteiger partial charge >= 0.3 is 135 Å². The molecular weight excluding hydrogens is 1380 g/mol. The number of nitrogens with two attached hydrogens (primary N) is 2. The van der Waals surface area contributed by atoms with Crippen molar-refractivity contribution in [1.29, 1.82) is 11.8 Å². The van der Waals surface area contributed by atoms with Crippen LogP contribution in [-0.2, 0) is 55.3 Å². The topological polar surface area (TPSA) is 572 Å². The summed E-state index contributed by atoms with van der Waals surface area (Å²) < 4.78 is 85.7. The summed E-state index contributed by atoms with van der Waals surface area (Å²) in [6.45, 7) is 11.2. The Balaban J connectivity index is 0.000000625. The molecular formula is C48H92N12O24P8. The number of nitrogen functional groups attached to an aromatic ring is 2. The number of aliphatic hydroxyl groups is 5. The number of aliphatic hydroxyl groups excluding tert-OH is 5. The molecule has 0 radical (unpaired) electrons. The van der Waals surface area contributed by atoms with Gasteiger partial charge in [-0.3, -0.25) is 4.52 Å². The Bertz CT molecular complexity index is 3050. The number of nitrogens with zero attached hydrogens (tertiary/aromatic N) is 8. The van der Waals surface area contributed by atoms with Gasteiger partial charge in [-0.2, -0.15) is 29.3 Å². The number of aromatic nitrogens is 6. The molecule has 528 valence electrons. The first-order valence-electron chi connectivity index (χ1n) is 29.4. The van der Waals surface area contributed by atoms with Crippen molar-refractivity contribution in [3.05, 3.63) is 48.3 Å². The predicted molar refractivity (Wildman–Crippen MR) is 345 cm³/mol. The van der Waals surface area contributed by atoms with E-state index in [1.165, 1.54) is 111 Å². The first-order valence-corrected chi connectivity index (χ1v) is 41.6. The summed E-state index contributed by atoms with van der Waals surface area (Å²) in [5, 5.41) is 103. The molecule has 0 saturated carbocycles. The fraction of sp³-hybridized carbons (Fsp3) is 0.708. The monoisotopic (exact) mass is 1470 g/mol. The number of rotatable bonds is 32. The van der Waals surface area contributed by atoms with E-state index in [4.69, 9.17) is 47.8 Å². The second-order valence-corrected chi connectivity index (χ2v) is 35.0. The number of nitrogens with one attached hydrogen (secondary N) is 2. The standard InChI is InChI=1S/C12H16N5O13P3.C12H13N5O4.C8H22N2O7P2.2C8H18.H5P3/c13-3-12(4-27-32(23,24)30-33(25,26)29-31(20,21)22)10(19)8(18)9(28-12)6-1-2-7-11(14)15-5-16-17(6)7;13-3-12(4-18)10(20)8(19)9(21-12)6-1-2-7-11(14)15-5-16-17(6)7;1-3-5-7-9-19(16-12,17-15-11,18(13)14)10-8-6-4-2;2*1-3-5-7-8-6-4-2;1-3-2/h1-2,5,8-10,18-19H,4H2,(H,23,24)(H,25,26)(H2,14,15,16)(H2,20,21,22);1-2,5,8-10,18-20H,4H2,(H2,14,15,16);9-12H,3-8H2,1-2H3;2*3-8H2,1-2H3;3H,1-2H2/t2*8-,9-,10-,12+;;;;/m00..../s1/i;;;;;3T. The van der Waals surface area contributed by atoms with E-state index in [9.17, 15) is 63.7 Å². The second kappa shape index (κ2) is 43.0. The molecule has 17 N–H and O–H groups in total. The maximum absolute atomic E-state index is 11.9. The Hall–Kier alpha value is -2.55. The maximum atomic E-state index is 11.9. The molecule has 0 bridgehead atoms. The van der Waals surface area contributed by atoms with Crippen molar-refractivity contribution in [3.63, 3.8) is 0 Å². The Morgan fingerprint density at radius 1 is 0.707 bits per heavy atom. The minimum absolute atomic E-state index is 0.0727. The summed E-state index contributed by atoms with van der Waals surface area (Å²) in [4.78, 5) is 55.0. The van der Waals surface area contributed by atoms with E-state index in [1.807, 2.05) is 13.8 Å². The molecule has 2 aliphatic rings. The van der Waals surface area contributed by atoms with Gasteiger partial charge in [0.05, 0.1) is 19.3 Å². The molecule has 4 aromatic rings. The molecule has 2 fully saturated rings. The number of unbranched alkanes of at least 4 members (excludes halogenated alkanes) is 12.